The van der Waals surface area contributed by atoms with Gasteiger partial charge in [-0.1, -0.05) is 11.6 Å². The number of nitrogen functional groups attached to an aromatic ring is 1. The minimum atomic E-state index is -0.544. The van der Waals surface area contributed by atoms with E-state index in [0.29, 0.717) is 0 Å². The maximum absolute atomic E-state index is 11.3. The van der Waals surface area contributed by atoms with Gasteiger partial charge in [0.2, 0.25) is 0 Å². The van der Waals surface area contributed by atoms with E-state index >= 15 is 0 Å². The van der Waals surface area contributed by atoms with Crippen LogP contribution < -0.4 is 11.3 Å². The lowest BCUT2D eigenvalue weighted by Gasteiger charge is -2.05. The summed E-state index contributed by atoms with van der Waals surface area (Å²) in [6.45, 7) is 1.96. The molecule has 1 aromatic heterocycles. The normalized spacial score (nSPS) is 9.64. The summed E-state index contributed by atoms with van der Waals surface area (Å²) in [5.74, 6) is 4.72. The van der Waals surface area contributed by atoms with Crippen LogP contribution in [0.25, 0.3) is 0 Å². The summed E-state index contributed by atoms with van der Waals surface area (Å²) in [7, 11) is 0. The molecule has 1 heterocycles. The number of hydrazine groups is 1. The van der Waals surface area contributed by atoms with Gasteiger partial charge in [0.1, 0.15) is 5.56 Å². The minimum Gasteiger partial charge on any atom is -0.462 e. The number of nitrogens with one attached hydrogen (secondary N) is 1. The van der Waals surface area contributed by atoms with Crippen molar-refractivity contribution in [2.75, 3.05) is 12.0 Å². The summed E-state index contributed by atoms with van der Waals surface area (Å²) >= 11 is 5.57. The van der Waals surface area contributed by atoms with E-state index in [-0.39, 0.29) is 23.1 Å². The maximum Gasteiger partial charge on any atom is 0.342 e. The van der Waals surface area contributed by atoms with Crippen molar-refractivity contribution in [1.82, 2.24) is 10.2 Å². The zero-order valence-corrected chi connectivity index (χ0v) is 8.21. The maximum atomic E-state index is 11.3. The summed E-state index contributed by atoms with van der Waals surface area (Å²) in [6, 6.07) is 1.34. The molecule has 0 amide bonds. The van der Waals surface area contributed by atoms with Crippen LogP contribution in [0.5, 0.6) is 0 Å². The van der Waals surface area contributed by atoms with Crippen molar-refractivity contribution in [3.05, 3.63) is 16.8 Å². The van der Waals surface area contributed by atoms with Gasteiger partial charge in [0.25, 0.3) is 0 Å². The second-order valence-electron chi connectivity index (χ2n) is 2.29. The van der Waals surface area contributed by atoms with E-state index in [1.165, 1.54) is 6.07 Å². The number of carbonyl (C=O) groups excluding carboxylic acids is 1. The van der Waals surface area contributed by atoms with Crippen LogP contribution in [0.3, 0.4) is 0 Å². The molecular weight excluding hydrogens is 208 g/mol. The van der Waals surface area contributed by atoms with Crippen molar-refractivity contribution in [2.24, 2.45) is 5.84 Å². The Morgan fingerprint density at radius 3 is 3.00 bits per heavy atom. The Labute approximate surface area is 85.4 Å². The van der Waals surface area contributed by atoms with E-state index in [2.05, 4.69) is 15.6 Å². The topological polar surface area (TPSA) is 90.1 Å². The molecule has 1 aromatic rings. The van der Waals surface area contributed by atoms with Gasteiger partial charge in [-0.3, -0.25) is 0 Å². The number of esters is 1. The third kappa shape index (κ3) is 2.30. The first-order valence-electron chi connectivity index (χ1n) is 3.86. The second kappa shape index (κ2) is 4.73. The molecule has 3 N–H and O–H groups in total. The molecule has 0 spiro atoms. The van der Waals surface area contributed by atoms with Gasteiger partial charge >= 0.3 is 5.97 Å². The third-order valence-corrected chi connectivity index (χ3v) is 1.58. The highest BCUT2D eigenvalue weighted by Crippen LogP contribution is 2.15. The molecule has 0 bridgehead atoms. The Hall–Kier alpha value is -1.40. The Morgan fingerprint density at radius 2 is 2.43 bits per heavy atom. The lowest BCUT2D eigenvalue weighted by molar-refractivity contribution is 0.0527. The average molecular weight is 217 g/mol. The van der Waals surface area contributed by atoms with Gasteiger partial charge in [-0.05, 0) is 13.0 Å². The van der Waals surface area contributed by atoms with E-state index < -0.39 is 5.97 Å². The number of rotatable bonds is 3. The molecule has 0 unspecified atom stereocenters. The Balaban J connectivity index is 3.03. The number of halogens is 1. The standard InChI is InChI=1S/C7H9ClN4O2/c1-2-14-7(13)4-3-5(8)11-12-6(4)10-9/h3H,2,9H2,1H3,(H,10,12). The summed E-state index contributed by atoms with van der Waals surface area (Å²) in [5.41, 5.74) is 2.39. The number of hydrogen-bond donors (Lipinski definition) is 2. The fraction of sp³-hybridized carbons (Fsp3) is 0.286. The largest absolute Gasteiger partial charge is 0.462 e. The van der Waals surface area contributed by atoms with E-state index in [0.717, 1.165) is 0 Å². The molecule has 0 aliphatic rings. The zero-order chi connectivity index (χ0) is 10.6. The molecule has 0 aliphatic heterocycles. The van der Waals surface area contributed by atoms with Crippen LogP contribution in [0.4, 0.5) is 5.82 Å². The van der Waals surface area contributed by atoms with Crippen LogP contribution in [-0.2, 0) is 4.74 Å². The molecule has 0 saturated carbocycles. The highest BCUT2D eigenvalue weighted by molar-refractivity contribution is 6.29. The van der Waals surface area contributed by atoms with Crippen molar-refractivity contribution in [3.8, 4) is 0 Å². The summed E-state index contributed by atoms with van der Waals surface area (Å²) in [4.78, 5) is 11.3. The first-order chi connectivity index (χ1) is 6.69. The molecule has 0 aromatic carbocycles. The van der Waals surface area contributed by atoms with Gasteiger partial charge in [-0.15, -0.1) is 10.2 Å². The van der Waals surface area contributed by atoms with Crippen LogP contribution in [0.1, 0.15) is 17.3 Å². The van der Waals surface area contributed by atoms with Gasteiger partial charge in [0, 0.05) is 0 Å². The Morgan fingerprint density at radius 1 is 1.71 bits per heavy atom. The predicted molar refractivity (Wildman–Crippen MR) is 50.8 cm³/mol. The third-order valence-electron chi connectivity index (χ3n) is 1.40. The lowest BCUT2D eigenvalue weighted by Crippen LogP contribution is -2.16. The van der Waals surface area contributed by atoms with Crippen molar-refractivity contribution < 1.29 is 9.53 Å². The molecule has 14 heavy (non-hydrogen) atoms. The molecule has 76 valence electrons. The fourth-order valence-corrected chi connectivity index (χ4v) is 0.986. The SMILES string of the molecule is CCOC(=O)c1cc(Cl)nnc1NN. The molecule has 0 aliphatic carbocycles. The Bertz CT molecular complexity index is 344. The number of carbonyl (C=O) groups is 1. The van der Waals surface area contributed by atoms with Gasteiger partial charge < -0.3 is 10.2 Å². The summed E-state index contributed by atoms with van der Waals surface area (Å²) in [6.07, 6.45) is 0. The smallest absolute Gasteiger partial charge is 0.342 e. The molecule has 0 radical (unpaired) electrons. The molecule has 0 fully saturated rings. The summed E-state index contributed by atoms with van der Waals surface area (Å²) in [5, 5.41) is 7.20. The van der Waals surface area contributed by atoms with Gasteiger partial charge in [0.15, 0.2) is 11.0 Å². The van der Waals surface area contributed by atoms with Crippen LogP contribution in [0, 0.1) is 0 Å². The zero-order valence-electron chi connectivity index (χ0n) is 7.45. The van der Waals surface area contributed by atoms with E-state index in [1.807, 2.05) is 0 Å². The number of hydrogen-bond acceptors (Lipinski definition) is 6. The highest BCUT2D eigenvalue weighted by Gasteiger charge is 2.14. The average Bonchev–Trinajstić information content (AvgIpc) is 2.18. The Kier molecular flexibility index (Phi) is 3.61. The molecule has 1 rings (SSSR count). The number of aromatic nitrogens is 2. The van der Waals surface area contributed by atoms with Crippen molar-refractivity contribution in [3.63, 3.8) is 0 Å². The summed E-state index contributed by atoms with van der Waals surface area (Å²) < 4.78 is 4.76. The van der Waals surface area contributed by atoms with Crippen molar-refractivity contribution in [2.45, 2.75) is 6.92 Å². The number of anilines is 1. The highest BCUT2D eigenvalue weighted by atomic mass is 35.5. The van der Waals surface area contributed by atoms with Gasteiger partial charge in [-0.25, -0.2) is 10.6 Å². The fourth-order valence-electron chi connectivity index (χ4n) is 0.839. The predicted octanol–water partition coefficient (Wildman–Crippen LogP) is 0.592. The first-order valence-corrected chi connectivity index (χ1v) is 4.23. The second-order valence-corrected chi connectivity index (χ2v) is 2.68. The molecule has 7 heteroatoms. The number of nitrogens with two attached hydrogens (primary N) is 1. The van der Waals surface area contributed by atoms with E-state index in [1.54, 1.807) is 6.92 Å². The number of ether oxygens (including phenoxy) is 1. The molecule has 6 nitrogen and oxygen atoms in total. The monoisotopic (exact) mass is 216 g/mol. The van der Waals surface area contributed by atoms with Gasteiger partial charge in [-0.2, -0.15) is 0 Å². The first kappa shape index (κ1) is 10.7. The van der Waals surface area contributed by atoms with E-state index in [9.17, 15) is 4.79 Å². The van der Waals surface area contributed by atoms with Crippen LogP contribution in [-0.4, -0.2) is 22.8 Å². The lowest BCUT2D eigenvalue weighted by atomic mass is 10.3. The molecular formula is C7H9ClN4O2. The van der Waals surface area contributed by atoms with Crippen LogP contribution in [0.2, 0.25) is 5.15 Å². The quantitative estimate of drug-likeness (QED) is 0.437. The van der Waals surface area contributed by atoms with Crippen LogP contribution in [0.15, 0.2) is 6.07 Å². The van der Waals surface area contributed by atoms with E-state index in [4.69, 9.17) is 22.2 Å². The molecule has 0 saturated heterocycles. The number of nitrogens with zero attached hydrogens (tertiary/aromatic N) is 2. The minimum absolute atomic E-state index is 0.104. The van der Waals surface area contributed by atoms with Crippen molar-refractivity contribution >= 4 is 23.4 Å². The molecule has 0 atom stereocenters. The van der Waals surface area contributed by atoms with Crippen molar-refractivity contribution in [1.29, 1.82) is 0 Å². The van der Waals surface area contributed by atoms with Gasteiger partial charge in [0.05, 0.1) is 6.61 Å². The van der Waals surface area contributed by atoms with Crippen LogP contribution >= 0.6 is 11.6 Å².